The summed E-state index contributed by atoms with van der Waals surface area (Å²) in [5.74, 6) is -0.794. The summed E-state index contributed by atoms with van der Waals surface area (Å²) < 4.78 is 60.8. The molecule has 1 amide bonds. The minimum atomic E-state index is -4.57. The molecular weight excluding hydrogens is 531 g/mol. The molecule has 0 unspecified atom stereocenters. The van der Waals surface area contributed by atoms with Crippen LogP contribution in [-0.4, -0.2) is 58.6 Å². The Bertz CT molecular complexity index is 1350. The number of amidine groups is 1. The monoisotopic (exact) mass is 560 g/mol. The molecular formula is C27H29BF4N4O4. The number of carbonyl (C=O) groups is 1. The molecule has 0 atom stereocenters. The fourth-order valence-electron chi connectivity index (χ4n) is 5.56. The van der Waals surface area contributed by atoms with E-state index in [9.17, 15) is 28.0 Å². The summed E-state index contributed by atoms with van der Waals surface area (Å²) in [5.41, 5.74) is -0.559. The van der Waals surface area contributed by atoms with Crippen LogP contribution >= 0.6 is 0 Å². The Morgan fingerprint density at radius 1 is 1.12 bits per heavy atom. The van der Waals surface area contributed by atoms with Crippen molar-refractivity contribution >= 4 is 30.0 Å². The number of hydrogen-bond acceptors (Lipinski definition) is 7. The van der Waals surface area contributed by atoms with Crippen LogP contribution < -0.4 is 15.7 Å². The quantitative estimate of drug-likeness (QED) is 0.356. The Morgan fingerprint density at radius 3 is 2.45 bits per heavy atom. The fraction of sp³-hybridized carbons (Fsp3) is 0.519. The van der Waals surface area contributed by atoms with Gasteiger partial charge in [0.15, 0.2) is 0 Å². The molecule has 2 aliphatic heterocycles. The van der Waals surface area contributed by atoms with Crippen molar-refractivity contribution in [3.63, 3.8) is 0 Å². The van der Waals surface area contributed by atoms with E-state index in [0.717, 1.165) is 44.2 Å². The van der Waals surface area contributed by atoms with Gasteiger partial charge in [-0.3, -0.25) is 9.79 Å². The van der Waals surface area contributed by atoms with E-state index in [0.29, 0.717) is 35.6 Å². The molecule has 4 aliphatic rings. The average molecular weight is 560 g/mol. The van der Waals surface area contributed by atoms with Crippen molar-refractivity contribution in [2.75, 3.05) is 18.0 Å². The van der Waals surface area contributed by atoms with Gasteiger partial charge in [0, 0.05) is 35.8 Å². The molecule has 3 N–H and O–H groups in total. The minimum Gasteiger partial charge on any atom is -0.423 e. The number of aromatic nitrogens is 1. The Kier molecular flexibility index (Phi) is 6.86. The second kappa shape index (κ2) is 10.1. The van der Waals surface area contributed by atoms with Crippen molar-refractivity contribution in [3.8, 4) is 0 Å². The summed E-state index contributed by atoms with van der Waals surface area (Å²) in [4.78, 5) is 23.7. The van der Waals surface area contributed by atoms with E-state index in [2.05, 4.69) is 10.3 Å². The van der Waals surface area contributed by atoms with Gasteiger partial charge in [-0.05, 0) is 74.7 Å². The number of rotatable bonds is 7. The molecule has 1 spiro atoms. The van der Waals surface area contributed by atoms with Crippen LogP contribution in [-0.2, 0) is 22.3 Å². The number of alkyl halides is 3. The molecule has 1 saturated heterocycles. The average Bonchev–Trinajstić information content (AvgIpc) is 3.68. The van der Waals surface area contributed by atoms with Gasteiger partial charge in [0.1, 0.15) is 22.9 Å². The molecule has 6 rings (SSSR count). The Labute approximate surface area is 228 Å². The molecule has 40 heavy (non-hydrogen) atoms. The number of ether oxygens (including phenoxy) is 1. The number of nitrogens with zero attached hydrogens (tertiary/aromatic N) is 3. The summed E-state index contributed by atoms with van der Waals surface area (Å²) in [6.45, 7) is 0.695. The van der Waals surface area contributed by atoms with E-state index in [1.54, 1.807) is 0 Å². The number of carbonyl (C=O) groups excluding carboxylic acids is 1. The highest BCUT2D eigenvalue weighted by Crippen LogP contribution is 2.43. The van der Waals surface area contributed by atoms with Gasteiger partial charge in [0.2, 0.25) is 0 Å². The van der Waals surface area contributed by atoms with Gasteiger partial charge < -0.3 is 25.0 Å². The van der Waals surface area contributed by atoms with E-state index in [4.69, 9.17) is 9.73 Å². The number of hydrogen-bond donors (Lipinski definition) is 3. The first-order valence-electron chi connectivity index (χ1n) is 13.6. The van der Waals surface area contributed by atoms with Crippen LogP contribution in [0.5, 0.6) is 0 Å². The Balaban J connectivity index is 1.25. The number of anilines is 1. The SMILES string of the molecule is O=C1NC(c2ccc(C(F)(F)F)nc2C2CC2)=NC12CCN(c1cc(B(O)O)cc(F)c1COC1CCC1)CC2. The molecule has 13 heteroatoms. The molecule has 1 aromatic heterocycles. The molecule has 2 saturated carbocycles. The molecule has 1 aromatic carbocycles. The van der Waals surface area contributed by atoms with Crippen molar-refractivity contribution in [2.45, 2.75) is 75.3 Å². The first-order valence-corrected chi connectivity index (χ1v) is 13.6. The maximum Gasteiger partial charge on any atom is 0.488 e. The number of nitrogens with one attached hydrogen (secondary N) is 1. The molecule has 2 aromatic rings. The second-order valence-electron chi connectivity index (χ2n) is 11.1. The number of halogens is 4. The molecule has 0 radical (unpaired) electrons. The summed E-state index contributed by atoms with van der Waals surface area (Å²) in [5, 5.41) is 22.2. The van der Waals surface area contributed by atoms with Gasteiger partial charge in [-0.15, -0.1) is 0 Å². The fourth-order valence-corrected chi connectivity index (χ4v) is 5.56. The standard InChI is InChI=1S/C27H29BF4N4O4/c29-20-12-16(28(38)39)13-21(19(20)14-40-17-2-1-3-17)36-10-8-26(9-11-36)25(37)34-24(35-26)18-6-7-22(27(30,31)32)33-23(18)15-4-5-15/h6-7,12-13,15,17,38-39H,1-5,8-11,14H2,(H,34,35,37). The number of amides is 1. The van der Waals surface area contributed by atoms with Crippen LogP contribution in [0.3, 0.4) is 0 Å². The lowest BCUT2D eigenvalue weighted by Crippen LogP contribution is -2.49. The maximum atomic E-state index is 15.1. The van der Waals surface area contributed by atoms with Gasteiger partial charge in [0.05, 0.1) is 18.4 Å². The first-order chi connectivity index (χ1) is 19.0. The zero-order chi connectivity index (χ0) is 28.2. The number of benzene rings is 1. The third kappa shape index (κ3) is 5.10. The summed E-state index contributed by atoms with van der Waals surface area (Å²) in [6, 6.07) is 4.87. The summed E-state index contributed by atoms with van der Waals surface area (Å²) in [6.07, 6.45) is 0.445. The Morgan fingerprint density at radius 2 is 1.85 bits per heavy atom. The van der Waals surface area contributed by atoms with Crippen LogP contribution in [0.4, 0.5) is 23.2 Å². The van der Waals surface area contributed by atoms with Crippen LogP contribution in [0.2, 0.25) is 0 Å². The highest BCUT2D eigenvalue weighted by atomic mass is 19.4. The maximum absolute atomic E-state index is 15.1. The lowest BCUT2D eigenvalue weighted by molar-refractivity contribution is -0.141. The first kappa shape index (κ1) is 27.2. The van der Waals surface area contributed by atoms with Gasteiger partial charge in [0.25, 0.3) is 5.91 Å². The zero-order valence-corrected chi connectivity index (χ0v) is 21.7. The van der Waals surface area contributed by atoms with E-state index < -0.39 is 30.3 Å². The number of pyridine rings is 1. The van der Waals surface area contributed by atoms with Crippen LogP contribution in [0.1, 0.15) is 73.4 Å². The Hall–Kier alpha value is -3.03. The molecule has 8 nitrogen and oxygen atoms in total. The van der Waals surface area contributed by atoms with Crippen LogP contribution in [0, 0.1) is 5.82 Å². The van der Waals surface area contributed by atoms with Gasteiger partial charge in [-0.25, -0.2) is 9.37 Å². The smallest absolute Gasteiger partial charge is 0.423 e. The summed E-state index contributed by atoms with van der Waals surface area (Å²) >= 11 is 0. The molecule has 3 heterocycles. The number of piperidine rings is 1. The normalized spacial score (nSPS) is 20.9. The van der Waals surface area contributed by atoms with Crippen molar-refractivity contribution in [1.82, 2.24) is 10.3 Å². The van der Waals surface area contributed by atoms with E-state index >= 15 is 4.39 Å². The minimum absolute atomic E-state index is 0.0153. The van der Waals surface area contributed by atoms with Gasteiger partial charge in [-0.2, -0.15) is 13.2 Å². The zero-order valence-electron chi connectivity index (χ0n) is 21.7. The molecule has 2 aliphatic carbocycles. The van der Waals surface area contributed by atoms with Crippen molar-refractivity contribution in [2.24, 2.45) is 4.99 Å². The molecule has 3 fully saturated rings. The van der Waals surface area contributed by atoms with Crippen LogP contribution in [0.15, 0.2) is 29.3 Å². The molecule has 212 valence electrons. The topological polar surface area (TPSA) is 107 Å². The third-order valence-corrected chi connectivity index (χ3v) is 8.35. The predicted molar refractivity (Wildman–Crippen MR) is 139 cm³/mol. The lowest BCUT2D eigenvalue weighted by atomic mass is 9.79. The van der Waals surface area contributed by atoms with Crippen molar-refractivity contribution in [1.29, 1.82) is 0 Å². The second-order valence-corrected chi connectivity index (χ2v) is 11.1. The summed E-state index contributed by atoms with van der Waals surface area (Å²) in [7, 11) is -1.85. The lowest BCUT2D eigenvalue weighted by Gasteiger charge is -2.38. The van der Waals surface area contributed by atoms with Gasteiger partial charge >= 0.3 is 13.3 Å². The predicted octanol–water partition coefficient (Wildman–Crippen LogP) is 2.78. The van der Waals surface area contributed by atoms with Crippen molar-refractivity contribution < 1.29 is 37.1 Å². The highest BCUT2D eigenvalue weighted by Gasteiger charge is 2.47. The van der Waals surface area contributed by atoms with E-state index in [-0.39, 0.29) is 48.7 Å². The largest absolute Gasteiger partial charge is 0.488 e. The third-order valence-electron chi connectivity index (χ3n) is 8.35. The van der Waals surface area contributed by atoms with Crippen molar-refractivity contribution in [3.05, 3.63) is 52.6 Å². The van der Waals surface area contributed by atoms with E-state index in [1.807, 2.05) is 4.90 Å². The van der Waals surface area contributed by atoms with E-state index in [1.165, 1.54) is 12.1 Å². The molecule has 0 bridgehead atoms. The highest BCUT2D eigenvalue weighted by molar-refractivity contribution is 6.58. The number of aliphatic imine (C=N–C) groups is 1. The van der Waals surface area contributed by atoms with Gasteiger partial charge in [-0.1, -0.05) is 0 Å². The van der Waals surface area contributed by atoms with Crippen LogP contribution in [0.25, 0.3) is 0 Å².